The Kier molecular flexibility index (Phi) is 9.96. The number of benzene rings is 2. The summed E-state index contributed by atoms with van der Waals surface area (Å²) in [5.41, 5.74) is 0.276. The van der Waals surface area contributed by atoms with Crippen molar-refractivity contribution in [2.24, 2.45) is 0 Å². The fourth-order valence-corrected chi connectivity index (χ4v) is 3.94. The molecule has 3 aromatic rings. The lowest BCUT2D eigenvalue weighted by atomic mass is 10.2. The van der Waals surface area contributed by atoms with Crippen molar-refractivity contribution in [1.29, 1.82) is 0 Å². The highest BCUT2D eigenvalue weighted by Crippen LogP contribution is 2.40. The fraction of sp³-hybridized carbons (Fsp3) is 0.250. The first-order chi connectivity index (χ1) is 15.0. The number of ether oxygens (including phenoxy) is 1. The molecular weight excluding hydrogens is 478 g/mol. The largest absolute Gasteiger partial charge is 0.416 e. The van der Waals surface area contributed by atoms with Gasteiger partial charge in [-0.1, -0.05) is 33.8 Å². The van der Waals surface area contributed by atoms with Gasteiger partial charge in [-0.25, -0.2) is 18.0 Å². The quantitative estimate of drug-likeness (QED) is 0.107. The molecule has 1 aromatic heterocycles. The van der Waals surface area contributed by atoms with Crippen LogP contribution < -0.4 is 4.74 Å². The second-order valence-electron chi connectivity index (χ2n) is 5.59. The van der Waals surface area contributed by atoms with Crippen LogP contribution in [0.3, 0.4) is 0 Å². The number of carbonyl (C=O) groups is 1. The molecule has 0 spiro atoms. The van der Waals surface area contributed by atoms with Crippen molar-refractivity contribution >= 4 is 35.0 Å². The van der Waals surface area contributed by atoms with E-state index in [0.717, 1.165) is 11.3 Å². The summed E-state index contributed by atoms with van der Waals surface area (Å²) in [5.74, 6) is -14.5. The highest BCUT2D eigenvalue weighted by atomic mass is 32.1. The zero-order valence-corrected chi connectivity index (χ0v) is 19.1. The molecule has 0 amide bonds. The maximum Gasteiger partial charge on any atom is 0.353 e. The Hall–Kier alpha value is -2.33. The predicted octanol–water partition coefficient (Wildman–Crippen LogP) is 6.55. The van der Waals surface area contributed by atoms with Crippen molar-refractivity contribution < 1.29 is 45.8 Å². The number of carbonyl (C=O) groups excluding carboxylic acids is 1. The second kappa shape index (κ2) is 11.5. The molecule has 32 heavy (non-hydrogen) atoms. The summed E-state index contributed by atoms with van der Waals surface area (Å²) in [6.07, 6.45) is -0.539. The van der Waals surface area contributed by atoms with Crippen molar-refractivity contribution in [2.75, 3.05) is 0 Å². The molecule has 1 heterocycles. The summed E-state index contributed by atoms with van der Waals surface area (Å²) < 4.78 is 82.6. The van der Waals surface area contributed by atoms with Gasteiger partial charge in [0.25, 0.3) is 0 Å². The van der Waals surface area contributed by atoms with E-state index in [2.05, 4.69) is 4.74 Å². The van der Waals surface area contributed by atoms with Crippen molar-refractivity contribution in [3.63, 3.8) is 0 Å². The lowest BCUT2D eigenvalue weighted by molar-refractivity contribution is 0.0721. The maximum atomic E-state index is 13.6. The van der Waals surface area contributed by atoms with E-state index in [1.807, 2.05) is 27.7 Å². The average Bonchev–Trinajstić information content (AvgIpc) is 3.19. The molecule has 12 heteroatoms. The SMILES string of the molecule is CC.CC.O=C(Oc1c(F)c(F)c(F)c(F)c1F)c1cc2cc(CP(=O)(O)O)ccc2s1. The lowest BCUT2D eigenvalue weighted by Crippen LogP contribution is -2.12. The molecule has 176 valence electrons. The minimum atomic E-state index is -4.32. The molecule has 2 N–H and O–H groups in total. The van der Waals surface area contributed by atoms with Crippen molar-refractivity contribution in [1.82, 2.24) is 0 Å². The van der Waals surface area contributed by atoms with E-state index in [9.17, 15) is 31.3 Å². The molecule has 0 fully saturated rings. The van der Waals surface area contributed by atoms with E-state index in [1.165, 1.54) is 24.3 Å². The number of rotatable bonds is 4. The van der Waals surface area contributed by atoms with Crippen LogP contribution in [0.2, 0.25) is 0 Å². The molecule has 3 rings (SSSR count). The summed E-state index contributed by atoms with van der Waals surface area (Å²) in [5, 5.41) is 0.375. The number of esters is 1. The summed E-state index contributed by atoms with van der Waals surface area (Å²) in [6, 6.07) is 5.47. The van der Waals surface area contributed by atoms with Gasteiger partial charge < -0.3 is 14.5 Å². The first-order valence-corrected chi connectivity index (χ1v) is 11.9. The Morgan fingerprint density at radius 2 is 1.41 bits per heavy atom. The molecular formula is C20H20F5O5PS. The Bertz CT molecular complexity index is 1130. The van der Waals surface area contributed by atoms with Gasteiger partial charge in [-0.3, -0.25) is 4.57 Å². The number of hydrogen-bond donors (Lipinski definition) is 2. The summed E-state index contributed by atoms with van der Waals surface area (Å²) in [7, 11) is -4.32. The predicted molar refractivity (Wildman–Crippen MR) is 111 cm³/mol. The van der Waals surface area contributed by atoms with E-state index in [1.54, 1.807) is 0 Å². The van der Waals surface area contributed by atoms with Crippen molar-refractivity contribution in [3.8, 4) is 5.75 Å². The van der Waals surface area contributed by atoms with E-state index in [4.69, 9.17) is 9.79 Å². The Morgan fingerprint density at radius 3 is 1.91 bits per heavy atom. The Balaban J connectivity index is 0.00000121. The third kappa shape index (κ3) is 6.35. The van der Waals surface area contributed by atoms with Gasteiger partial charge in [0.2, 0.25) is 34.8 Å². The van der Waals surface area contributed by atoms with E-state index >= 15 is 0 Å². The normalized spacial score (nSPS) is 10.7. The van der Waals surface area contributed by atoms with Crippen LogP contribution >= 0.6 is 18.9 Å². The molecule has 0 unspecified atom stereocenters. The molecule has 0 saturated carbocycles. The van der Waals surface area contributed by atoms with Gasteiger partial charge in [-0.2, -0.15) is 8.78 Å². The molecule has 0 saturated heterocycles. The third-order valence-electron chi connectivity index (χ3n) is 3.53. The Labute approximate surface area is 184 Å². The maximum absolute atomic E-state index is 13.6. The van der Waals surface area contributed by atoms with Crippen LogP contribution in [-0.2, 0) is 10.7 Å². The van der Waals surface area contributed by atoms with Crippen LogP contribution in [0.5, 0.6) is 5.75 Å². The van der Waals surface area contributed by atoms with Gasteiger partial charge in [-0.15, -0.1) is 11.3 Å². The zero-order valence-electron chi connectivity index (χ0n) is 17.4. The molecule has 0 aliphatic rings. The van der Waals surface area contributed by atoms with Gasteiger partial charge in [0.05, 0.1) is 6.16 Å². The third-order valence-corrected chi connectivity index (χ3v) is 5.41. The van der Waals surface area contributed by atoms with E-state index < -0.39 is 54.6 Å². The standard InChI is InChI=1S/C16H8F5O5PS.2C2H6/c17-10-11(18)13(20)15(14(21)12(10)19)26-16(22)9-4-7-3-6(5-27(23,24)25)1-2-8(7)28-9;2*1-2/h1-4H,5H2,(H2,23,24,25);2*1-2H3. The van der Waals surface area contributed by atoms with E-state index in [0.29, 0.717) is 10.1 Å². The van der Waals surface area contributed by atoms with Gasteiger partial charge in [0, 0.05) is 4.70 Å². The fourth-order valence-electron chi connectivity index (χ4n) is 2.35. The summed E-state index contributed by atoms with van der Waals surface area (Å²) >= 11 is 0.800. The lowest BCUT2D eigenvalue weighted by Gasteiger charge is -2.07. The smallest absolute Gasteiger partial charge is 0.353 e. The number of fused-ring (bicyclic) bond motifs is 1. The molecule has 5 nitrogen and oxygen atoms in total. The molecule has 2 aromatic carbocycles. The topological polar surface area (TPSA) is 83.8 Å². The highest BCUT2D eigenvalue weighted by Gasteiger charge is 2.29. The summed E-state index contributed by atoms with van der Waals surface area (Å²) in [4.78, 5) is 29.9. The van der Waals surface area contributed by atoms with Crippen molar-refractivity contribution in [2.45, 2.75) is 33.9 Å². The average molecular weight is 498 g/mol. The van der Waals surface area contributed by atoms with Crippen molar-refractivity contribution in [3.05, 3.63) is 63.8 Å². The zero-order chi connectivity index (χ0) is 24.8. The van der Waals surface area contributed by atoms with Crippen LogP contribution in [0.25, 0.3) is 10.1 Å². The van der Waals surface area contributed by atoms with Crippen LogP contribution in [0.15, 0.2) is 24.3 Å². The second-order valence-corrected chi connectivity index (χ2v) is 8.32. The molecule has 0 atom stereocenters. The number of halogens is 5. The first-order valence-electron chi connectivity index (χ1n) is 9.28. The monoisotopic (exact) mass is 498 g/mol. The van der Waals surface area contributed by atoms with Gasteiger partial charge in [0.1, 0.15) is 4.88 Å². The van der Waals surface area contributed by atoms with Crippen LogP contribution in [0, 0.1) is 29.1 Å². The van der Waals surface area contributed by atoms with Crippen LogP contribution in [0.1, 0.15) is 42.9 Å². The van der Waals surface area contributed by atoms with Gasteiger partial charge in [-0.05, 0) is 29.1 Å². The Morgan fingerprint density at radius 1 is 0.906 bits per heavy atom. The minimum Gasteiger partial charge on any atom is -0.416 e. The van der Waals surface area contributed by atoms with E-state index in [-0.39, 0.29) is 10.4 Å². The van der Waals surface area contributed by atoms with Crippen LogP contribution in [-0.4, -0.2) is 15.8 Å². The highest BCUT2D eigenvalue weighted by molar-refractivity contribution is 7.50. The van der Waals surface area contributed by atoms with Crippen LogP contribution in [0.4, 0.5) is 22.0 Å². The molecule has 0 aliphatic heterocycles. The minimum absolute atomic E-state index is 0.215. The first kappa shape index (κ1) is 27.7. The van der Waals surface area contributed by atoms with Gasteiger partial charge >= 0.3 is 13.6 Å². The summed E-state index contributed by atoms with van der Waals surface area (Å²) in [6.45, 7) is 8.00. The molecule has 0 bridgehead atoms. The molecule has 0 radical (unpaired) electrons. The van der Waals surface area contributed by atoms with Gasteiger partial charge in [0.15, 0.2) is 0 Å². The number of hydrogen-bond acceptors (Lipinski definition) is 4. The number of thiophene rings is 1. The molecule has 0 aliphatic carbocycles.